The highest BCUT2D eigenvalue weighted by atomic mass is 35.5. The van der Waals surface area contributed by atoms with Crippen LogP contribution in [0.25, 0.3) is 0 Å². The molecule has 1 heterocycles. The van der Waals surface area contributed by atoms with E-state index in [-0.39, 0.29) is 16.9 Å². The standard InChI is InChI=1S/C12H21ClN2O3S/c1-10(2)18-6-5-15(4)19(16,17)12-7-11(8-13)14(3)9-12/h7,9-10H,5-6,8H2,1-4H3. The van der Waals surface area contributed by atoms with Crippen LogP contribution in [0.5, 0.6) is 0 Å². The number of aryl methyl sites for hydroxylation is 1. The van der Waals surface area contributed by atoms with Crippen molar-refractivity contribution in [1.29, 1.82) is 0 Å². The predicted molar refractivity (Wildman–Crippen MR) is 75.9 cm³/mol. The smallest absolute Gasteiger partial charge is 0.244 e. The van der Waals surface area contributed by atoms with Crippen molar-refractivity contribution in [2.24, 2.45) is 7.05 Å². The molecule has 0 radical (unpaired) electrons. The molecule has 1 aromatic rings. The van der Waals surface area contributed by atoms with E-state index >= 15 is 0 Å². The van der Waals surface area contributed by atoms with E-state index in [1.807, 2.05) is 13.8 Å². The summed E-state index contributed by atoms with van der Waals surface area (Å²) in [6, 6.07) is 1.60. The molecule has 0 spiro atoms. The Hall–Kier alpha value is -0.560. The molecule has 110 valence electrons. The lowest BCUT2D eigenvalue weighted by Gasteiger charge is -2.17. The normalized spacial score (nSPS) is 12.6. The number of hydrogen-bond acceptors (Lipinski definition) is 3. The third-order valence-electron chi connectivity index (χ3n) is 2.79. The lowest BCUT2D eigenvalue weighted by Crippen LogP contribution is -2.30. The van der Waals surface area contributed by atoms with Crippen molar-refractivity contribution in [1.82, 2.24) is 8.87 Å². The molecule has 0 fully saturated rings. The minimum atomic E-state index is -3.47. The first-order chi connectivity index (χ1) is 8.78. The summed E-state index contributed by atoms with van der Waals surface area (Å²) < 4.78 is 33.0. The minimum Gasteiger partial charge on any atom is -0.377 e. The Morgan fingerprint density at radius 3 is 2.58 bits per heavy atom. The number of alkyl halides is 1. The van der Waals surface area contributed by atoms with Gasteiger partial charge in [-0.2, -0.15) is 4.31 Å². The van der Waals surface area contributed by atoms with E-state index in [0.29, 0.717) is 13.2 Å². The zero-order valence-electron chi connectivity index (χ0n) is 11.8. The third kappa shape index (κ3) is 4.21. The van der Waals surface area contributed by atoms with Crippen LogP contribution in [0.4, 0.5) is 0 Å². The maximum Gasteiger partial charge on any atom is 0.244 e. The molecule has 0 atom stereocenters. The van der Waals surface area contributed by atoms with Gasteiger partial charge < -0.3 is 9.30 Å². The molecule has 7 heteroatoms. The second-order valence-corrected chi connectivity index (χ2v) is 6.97. The van der Waals surface area contributed by atoms with Gasteiger partial charge in [-0.15, -0.1) is 11.6 Å². The molecule has 5 nitrogen and oxygen atoms in total. The highest BCUT2D eigenvalue weighted by molar-refractivity contribution is 7.89. The molecule has 0 bridgehead atoms. The van der Waals surface area contributed by atoms with Gasteiger partial charge in [0, 0.05) is 32.5 Å². The molecule has 1 rings (SSSR count). The fourth-order valence-electron chi connectivity index (χ4n) is 1.57. The second kappa shape index (κ2) is 6.74. The number of halogens is 1. The Kier molecular flexibility index (Phi) is 5.85. The Balaban J connectivity index is 2.78. The van der Waals surface area contributed by atoms with E-state index in [0.717, 1.165) is 5.69 Å². The van der Waals surface area contributed by atoms with Gasteiger partial charge >= 0.3 is 0 Å². The lowest BCUT2D eigenvalue weighted by atomic mass is 10.5. The first kappa shape index (κ1) is 16.5. The van der Waals surface area contributed by atoms with Crippen LogP contribution in [0.2, 0.25) is 0 Å². The molecule has 0 aromatic carbocycles. The Morgan fingerprint density at radius 2 is 2.11 bits per heavy atom. The van der Waals surface area contributed by atoms with Crippen molar-refractivity contribution in [3.8, 4) is 0 Å². The molecule has 0 aliphatic rings. The molecule has 0 aliphatic heterocycles. The summed E-state index contributed by atoms with van der Waals surface area (Å²) in [7, 11) is -0.150. The lowest BCUT2D eigenvalue weighted by molar-refractivity contribution is 0.0737. The maximum atomic E-state index is 12.3. The molecule has 0 amide bonds. The predicted octanol–water partition coefficient (Wildman–Crippen LogP) is 1.81. The van der Waals surface area contributed by atoms with Crippen LogP contribution in [0.1, 0.15) is 19.5 Å². The molecular formula is C12H21ClN2O3S. The average molecular weight is 309 g/mol. The van der Waals surface area contributed by atoms with E-state index in [1.54, 1.807) is 30.9 Å². The number of aromatic nitrogens is 1. The summed E-state index contributed by atoms with van der Waals surface area (Å²) in [6.45, 7) is 4.53. The molecular weight excluding hydrogens is 288 g/mol. The van der Waals surface area contributed by atoms with Gasteiger partial charge in [0.15, 0.2) is 0 Å². The molecule has 0 unspecified atom stereocenters. The zero-order chi connectivity index (χ0) is 14.6. The van der Waals surface area contributed by atoms with Gasteiger partial charge in [0.25, 0.3) is 0 Å². The van der Waals surface area contributed by atoms with Crippen LogP contribution in [0, 0.1) is 0 Å². The number of sulfonamides is 1. The quantitative estimate of drug-likeness (QED) is 0.722. The van der Waals surface area contributed by atoms with Crippen molar-refractivity contribution in [2.45, 2.75) is 30.7 Å². The second-order valence-electron chi connectivity index (χ2n) is 4.66. The molecule has 19 heavy (non-hydrogen) atoms. The highest BCUT2D eigenvalue weighted by Gasteiger charge is 2.22. The van der Waals surface area contributed by atoms with E-state index < -0.39 is 10.0 Å². The molecule has 0 N–H and O–H groups in total. The van der Waals surface area contributed by atoms with Crippen LogP contribution >= 0.6 is 11.6 Å². The van der Waals surface area contributed by atoms with Crippen LogP contribution in [0.15, 0.2) is 17.2 Å². The third-order valence-corrected chi connectivity index (χ3v) is 4.88. The van der Waals surface area contributed by atoms with E-state index in [2.05, 4.69) is 0 Å². The molecule has 0 saturated heterocycles. The molecule has 1 aromatic heterocycles. The topological polar surface area (TPSA) is 51.5 Å². The van der Waals surface area contributed by atoms with Crippen LogP contribution in [0.3, 0.4) is 0 Å². The SMILES string of the molecule is CC(C)OCCN(C)S(=O)(=O)c1cc(CCl)n(C)c1. The summed E-state index contributed by atoms with van der Waals surface area (Å²) in [5.74, 6) is 0.284. The van der Waals surface area contributed by atoms with Crippen LogP contribution in [-0.4, -0.2) is 43.6 Å². The largest absolute Gasteiger partial charge is 0.377 e. The minimum absolute atomic E-state index is 0.0932. The van der Waals surface area contributed by atoms with Crippen LogP contribution < -0.4 is 0 Å². The van der Waals surface area contributed by atoms with Gasteiger partial charge in [0.1, 0.15) is 4.90 Å². The van der Waals surface area contributed by atoms with Crippen molar-refractivity contribution in [3.63, 3.8) is 0 Å². The Morgan fingerprint density at radius 1 is 1.47 bits per heavy atom. The Bertz CT molecular complexity index is 511. The monoisotopic (exact) mass is 308 g/mol. The summed E-state index contributed by atoms with van der Waals surface area (Å²) in [5, 5.41) is 0. The maximum absolute atomic E-state index is 12.3. The van der Waals surface area contributed by atoms with Gasteiger partial charge in [0.2, 0.25) is 10.0 Å². The number of nitrogens with zero attached hydrogens (tertiary/aromatic N) is 2. The fraction of sp³-hybridized carbons (Fsp3) is 0.667. The van der Waals surface area contributed by atoms with Crippen LogP contribution in [-0.2, 0) is 27.7 Å². The first-order valence-corrected chi connectivity index (χ1v) is 8.05. The highest BCUT2D eigenvalue weighted by Crippen LogP contribution is 2.18. The summed E-state index contributed by atoms with van der Waals surface area (Å²) in [6.07, 6.45) is 1.67. The zero-order valence-corrected chi connectivity index (χ0v) is 13.3. The molecule has 0 saturated carbocycles. The summed E-state index contributed by atoms with van der Waals surface area (Å²) in [5.41, 5.74) is 0.770. The van der Waals surface area contributed by atoms with E-state index in [9.17, 15) is 8.42 Å². The molecule has 0 aliphatic carbocycles. The van der Waals surface area contributed by atoms with E-state index in [4.69, 9.17) is 16.3 Å². The van der Waals surface area contributed by atoms with E-state index in [1.165, 1.54) is 4.31 Å². The number of rotatable bonds is 7. The fourth-order valence-corrected chi connectivity index (χ4v) is 3.08. The number of ether oxygens (including phenoxy) is 1. The van der Waals surface area contributed by atoms with Gasteiger partial charge in [-0.25, -0.2) is 8.42 Å². The van der Waals surface area contributed by atoms with Crippen molar-refractivity contribution in [3.05, 3.63) is 18.0 Å². The van der Waals surface area contributed by atoms with Crippen molar-refractivity contribution < 1.29 is 13.2 Å². The number of hydrogen-bond donors (Lipinski definition) is 0. The number of likely N-dealkylation sites (N-methyl/N-ethyl adjacent to an activating group) is 1. The van der Waals surface area contributed by atoms with Gasteiger partial charge in [0.05, 0.1) is 18.6 Å². The van der Waals surface area contributed by atoms with Crippen molar-refractivity contribution >= 4 is 21.6 Å². The first-order valence-electron chi connectivity index (χ1n) is 6.08. The summed E-state index contributed by atoms with van der Waals surface area (Å²) >= 11 is 5.74. The summed E-state index contributed by atoms with van der Waals surface area (Å²) in [4.78, 5) is 0.262. The van der Waals surface area contributed by atoms with Gasteiger partial charge in [-0.1, -0.05) is 0 Å². The Labute approximate surface area is 120 Å². The van der Waals surface area contributed by atoms with Crippen molar-refractivity contribution in [2.75, 3.05) is 20.2 Å². The average Bonchev–Trinajstić information content (AvgIpc) is 2.70. The van der Waals surface area contributed by atoms with Gasteiger partial charge in [-0.3, -0.25) is 0 Å². The van der Waals surface area contributed by atoms with Gasteiger partial charge in [-0.05, 0) is 19.9 Å².